The van der Waals surface area contributed by atoms with Gasteiger partial charge < -0.3 is 5.32 Å². The van der Waals surface area contributed by atoms with Crippen molar-refractivity contribution in [2.45, 2.75) is 32.9 Å². The number of amides is 1. The molecule has 0 atom stereocenters. The largest absolute Gasteiger partial charge is 0.320 e. The van der Waals surface area contributed by atoms with E-state index in [1.807, 2.05) is 37.3 Å². The first kappa shape index (κ1) is 18.4. The number of nitrogens with zero attached hydrogens (tertiary/aromatic N) is 3. The molecule has 1 N–H and O–H groups in total. The van der Waals surface area contributed by atoms with Crippen LogP contribution < -0.4 is 10.9 Å². The Hall–Kier alpha value is -2.99. The Morgan fingerprint density at radius 3 is 2.46 bits per heavy atom. The molecule has 0 unspecified atom stereocenters. The van der Waals surface area contributed by atoms with E-state index in [2.05, 4.69) is 15.3 Å². The zero-order chi connectivity index (χ0) is 19.5. The van der Waals surface area contributed by atoms with Crippen LogP contribution in [0.15, 0.2) is 53.3 Å². The number of likely N-dealkylation sites (tertiary alicyclic amines) is 1. The van der Waals surface area contributed by atoms with Crippen molar-refractivity contribution in [3.8, 4) is 0 Å². The first-order valence-electron chi connectivity index (χ1n) is 9.79. The second-order valence-corrected chi connectivity index (χ2v) is 7.11. The van der Waals surface area contributed by atoms with Crippen molar-refractivity contribution in [3.63, 3.8) is 0 Å². The number of aryl methyl sites for hydroxylation is 1. The van der Waals surface area contributed by atoms with Crippen molar-refractivity contribution in [1.29, 1.82) is 0 Å². The number of aromatic nitrogens is 2. The molecule has 4 rings (SSSR count). The van der Waals surface area contributed by atoms with Crippen molar-refractivity contribution in [2.24, 2.45) is 0 Å². The SMILES string of the molecule is CCn1nc(C(=O)Nc2ccccc2CN2CCCC2)c2ccccc2c1=O. The Bertz CT molecular complexity index is 1070. The van der Waals surface area contributed by atoms with E-state index in [-0.39, 0.29) is 17.2 Å². The molecule has 144 valence electrons. The number of benzene rings is 2. The fourth-order valence-electron chi connectivity index (χ4n) is 3.76. The van der Waals surface area contributed by atoms with Gasteiger partial charge in [-0.05, 0) is 50.6 Å². The second kappa shape index (κ2) is 7.94. The summed E-state index contributed by atoms with van der Waals surface area (Å²) >= 11 is 0. The molecule has 2 heterocycles. The monoisotopic (exact) mass is 376 g/mol. The Balaban J connectivity index is 1.68. The number of hydrogen-bond donors (Lipinski definition) is 1. The van der Waals surface area contributed by atoms with Crippen molar-refractivity contribution >= 4 is 22.4 Å². The van der Waals surface area contributed by atoms with Gasteiger partial charge in [0.1, 0.15) is 0 Å². The molecule has 1 amide bonds. The molecular weight excluding hydrogens is 352 g/mol. The molecule has 3 aromatic rings. The number of nitrogens with one attached hydrogen (secondary N) is 1. The number of carbonyl (C=O) groups is 1. The standard InChI is InChI=1S/C22H24N4O2/c1-2-26-22(28)18-11-5-4-10-17(18)20(24-26)21(27)23-19-12-6-3-9-16(19)15-25-13-7-8-14-25/h3-6,9-12H,2,7-8,13-15H2,1H3,(H,23,27). The molecule has 28 heavy (non-hydrogen) atoms. The minimum atomic E-state index is -0.299. The molecule has 2 aromatic carbocycles. The van der Waals surface area contributed by atoms with Gasteiger partial charge in [-0.1, -0.05) is 36.4 Å². The van der Waals surface area contributed by atoms with Crippen LogP contribution in [0.2, 0.25) is 0 Å². The van der Waals surface area contributed by atoms with E-state index in [9.17, 15) is 9.59 Å². The molecule has 6 nitrogen and oxygen atoms in total. The summed E-state index contributed by atoms with van der Waals surface area (Å²) in [6.45, 7) is 5.26. The molecule has 6 heteroatoms. The lowest BCUT2D eigenvalue weighted by atomic mass is 10.1. The summed E-state index contributed by atoms with van der Waals surface area (Å²) in [6, 6.07) is 15.0. The Labute approximate surface area is 163 Å². The Morgan fingerprint density at radius 2 is 1.71 bits per heavy atom. The molecule has 1 saturated heterocycles. The number of anilines is 1. The van der Waals surface area contributed by atoms with Crippen LogP contribution in [-0.2, 0) is 13.1 Å². The lowest BCUT2D eigenvalue weighted by Crippen LogP contribution is -2.27. The highest BCUT2D eigenvalue weighted by atomic mass is 16.2. The van der Waals surface area contributed by atoms with Gasteiger partial charge in [-0.25, -0.2) is 4.68 Å². The number of para-hydroxylation sites is 1. The topological polar surface area (TPSA) is 67.2 Å². The molecule has 1 fully saturated rings. The van der Waals surface area contributed by atoms with E-state index in [1.54, 1.807) is 18.2 Å². The highest BCUT2D eigenvalue weighted by Crippen LogP contribution is 2.21. The summed E-state index contributed by atoms with van der Waals surface area (Å²) in [7, 11) is 0. The van der Waals surface area contributed by atoms with Gasteiger partial charge >= 0.3 is 0 Å². The summed E-state index contributed by atoms with van der Waals surface area (Å²) < 4.78 is 1.34. The summed E-state index contributed by atoms with van der Waals surface area (Å²) in [5, 5.41) is 8.43. The molecule has 0 spiro atoms. The predicted octanol–water partition coefficient (Wildman–Crippen LogP) is 3.26. The van der Waals surface area contributed by atoms with Gasteiger partial charge in [-0.2, -0.15) is 5.10 Å². The molecule has 0 aliphatic carbocycles. The van der Waals surface area contributed by atoms with Crippen molar-refractivity contribution in [3.05, 3.63) is 70.1 Å². The Morgan fingerprint density at radius 1 is 1.04 bits per heavy atom. The van der Waals surface area contributed by atoms with Gasteiger partial charge in [0, 0.05) is 24.2 Å². The van der Waals surface area contributed by atoms with Gasteiger partial charge in [0.15, 0.2) is 5.69 Å². The molecule has 0 saturated carbocycles. The van der Waals surface area contributed by atoms with Gasteiger partial charge in [0.05, 0.1) is 5.39 Å². The van der Waals surface area contributed by atoms with E-state index < -0.39 is 0 Å². The van der Waals surface area contributed by atoms with Crippen LogP contribution >= 0.6 is 0 Å². The average molecular weight is 376 g/mol. The van der Waals surface area contributed by atoms with E-state index in [0.29, 0.717) is 17.3 Å². The van der Waals surface area contributed by atoms with Crippen molar-refractivity contribution < 1.29 is 4.79 Å². The van der Waals surface area contributed by atoms with E-state index in [1.165, 1.54) is 17.5 Å². The van der Waals surface area contributed by atoms with Crippen LogP contribution in [-0.4, -0.2) is 33.7 Å². The van der Waals surface area contributed by atoms with Crippen LogP contribution in [0.5, 0.6) is 0 Å². The van der Waals surface area contributed by atoms with Crippen LogP contribution in [0.3, 0.4) is 0 Å². The number of fused-ring (bicyclic) bond motifs is 1. The summed E-state index contributed by atoms with van der Waals surface area (Å²) in [4.78, 5) is 28.0. The van der Waals surface area contributed by atoms with Gasteiger partial charge in [-0.3, -0.25) is 14.5 Å². The lowest BCUT2D eigenvalue weighted by Gasteiger charge is -2.18. The lowest BCUT2D eigenvalue weighted by molar-refractivity contribution is 0.102. The third-order valence-electron chi connectivity index (χ3n) is 5.24. The number of rotatable bonds is 5. The zero-order valence-corrected chi connectivity index (χ0v) is 16.0. The fraction of sp³-hybridized carbons (Fsp3) is 0.318. The van der Waals surface area contributed by atoms with Crippen LogP contribution in [0.1, 0.15) is 35.8 Å². The zero-order valence-electron chi connectivity index (χ0n) is 16.0. The first-order valence-corrected chi connectivity index (χ1v) is 9.79. The molecule has 1 aromatic heterocycles. The summed E-state index contributed by atoms with van der Waals surface area (Å²) in [6.07, 6.45) is 2.45. The molecule has 1 aliphatic heterocycles. The van der Waals surface area contributed by atoms with Gasteiger partial charge in [-0.15, -0.1) is 0 Å². The quantitative estimate of drug-likeness (QED) is 0.742. The van der Waals surface area contributed by atoms with E-state index >= 15 is 0 Å². The highest BCUT2D eigenvalue weighted by Gasteiger charge is 2.18. The average Bonchev–Trinajstić information content (AvgIpc) is 3.23. The van der Waals surface area contributed by atoms with Gasteiger partial charge in [0.2, 0.25) is 0 Å². The highest BCUT2D eigenvalue weighted by molar-refractivity contribution is 6.11. The third-order valence-corrected chi connectivity index (χ3v) is 5.24. The molecular formula is C22H24N4O2. The van der Waals surface area contributed by atoms with Crippen LogP contribution in [0.25, 0.3) is 10.8 Å². The molecule has 1 aliphatic rings. The van der Waals surface area contributed by atoms with Crippen molar-refractivity contribution in [2.75, 3.05) is 18.4 Å². The van der Waals surface area contributed by atoms with Crippen LogP contribution in [0.4, 0.5) is 5.69 Å². The second-order valence-electron chi connectivity index (χ2n) is 7.11. The van der Waals surface area contributed by atoms with Gasteiger partial charge in [0.25, 0.3) is 11.5 Å². The van der Waals surface area contributed by atoms with E-state index in [0.717, 1.165) is 30.9 Å². The maximum Gasteiger partial charge on any atom is 0.276 e. The van der Waals surface area contributed by atoms with Crippen LogP contribution in [0, 0.1) is 0 Å². The maximum absolute atomic E-state index is 13.1. The maximum atomic E-state index is 13.1. The minimum Gasteiger partial charge on any atom is -0.320 e. The molecule has 0 bridgehead atoms. The number of carbonyl (C=O) groups excluding carboxylic acids is 1. The number of hydrogen-bond acceptors (Lipinski definition) is 4. The summed E-state index contributed by atoms with van der Waals surface area (Å²) in [5.74, 6) is -0.299. The molecule has 0 radical (unpaired) electrons. The van der Waals surface area contributed by atoms with E-state index in [4.69, 9.17) is 0 Å². The first-order chi connectivity index (χ1) is 13.7. The van der Waals surface area contributed by atoms with Crippen molar-refractivity contribution in [1.82, 2.24) is 14.7 Å². The third kappa shape index (κ3) is 3.55. The smallest absolute Gasteiger partial charge is 0.276 e. The predicted molar refractivity (Wildman–Crippen MR) is 111 cm³/mol. The Kier molecular flexibility index (Phi) is 5.21. The summed E-state index contributed by atoms with van der Waals surface area (Å²) in [5.41, 5.74) is 1.97. The fourth-order valence-corrected chi connectivity index (χ4v) is 3.76. The normalized spacial score (nSPS) is 14.5. The minimum absolute atomic E-state index is 0.177.